The van der Waals surface area contributed by atoms with Crippen LogP contribution in [-0.2, 0) is 32.2 Å². The summed E-state index contributed by atoms with van der Waals surface area (Å²) < 4.78 is 12.8. The van der Waals surface area contributed by atoms with E-state index < -0.39 is 12.3 Å². The number of nitrogen functional groups attached to an aromatic ring is 1. The lowest BCUT2D eigenvalue weighted by molar-refractivity contribution is -0.245. The minimum Gasteiger partial charge on any atom is -0.478 e. The van der Waals surface area contributed by atoms with Crippen molar-refractivity contribution >= 4 is 40.9 Å². The molecule has 11 heteroatoms. The topological polar surface area (TPSA) is 160 Å². The zero-order valence-electron chi connectivity index (χ0n) is 27.0. The van der Waals surface area contributed by atoms with E-state index in [1.165, 1.54) is 11.8 Å². The summed E-state index contributed by atoms with van der Waals surface area (Å²) in [7, 11) is 0. The number of nitrogens with one attached hydrogen (secondary N) is 2. The molecule has 1 heterocycles. The molecule has 1 aliphatic rings. The molecule has 4 aromatic rings. The van der Waals surface area contributed by atoms with E-state index in [9.17, 15) is 24.6 Å². The highest BCUT2D eigenvalue weighted by atomic mass is 32.2. The Kier molecular flexibility index (Phi) is 12.8. The molecule has 0 aromatic heterocycles. The van der Waals surface area contributed by atoms with E-state index in [4.69, 9.17) is 15.2 Å². The average Bonchev–Trinajstić information content (AvgIpc) is 3.13. The van der Waals surface area contributed by atoms with Gasteiger partial charge in [-0.15, -0.1) is 11.8 Å². The number of carboxylic acids is 1. The Morgan fingerprint density at radius 1 is 0.796 bits per heavy atom. The Morgan fingerprint density at radius 3 is 2.16 bits per heavy atom. The van der Waals surface area contributed by atoms with E-state index in [1.807, 2.05) is 54.6 Å². The number of carboxylic acid groups (broad SMARTS) is 1. The maximum absolute atomic E-state index is 12.5. The molecule has 4 aromatic carbocycles. The number of nitrogens with two attached hydrogens (primary N) is 1. The summed E-state index contributed by atoms with van der Waals surface area (Å²) in [5, 5.41) is 24.8. The van der Waals surface area contributed by atoms with Crippen LogP contribution >= 0.6 is 11.8 Å². The number of thioether (sulfide) groups is 1. The minimum absolute atomic E-state index is 0.0449. The van der Waals surface area contributed by atoms with Gasteiger partial charge in [-0.05, 0) is 53.8 Å². The maximum Gasteiger partial charge on any atom is 0.336 e. The van der Waals surface area contributed by atoms with Crippen LogP contribution in [0.5, 0.6) is 0 Å². The Hall–Kier alpha value is -4.68. The van der Waals surface area contributed by atoms with Crippen molar-refractivity contribution < 1.29 is 34.1 Å². The van der Waals surface area contributed by atoms with E-state index in [0.29, 0.717) is 60.7 Å². The largest absolute Gasteiger partial charge is 0.478 e. The molecule has 6 N–H and O–H groups in total. The number of aliphatic hydroxyl groups is 1. The summed E-state index contributed by atoms with van der Waals surface area (Å²) in [4.78, 5) is 37.1. The molecule has 1 fully saturated rings. The minimum atomic E-state index is -0.970. The molecule has 1 aliphatic heterocycles. The van der Waals surface area contributed by atoms with Gasteiger partial charge in [0.15, 0.2) is 6.29 Å². The number of ether oxygens (including phenoxy) is 2. The number of hydrogen-bond acceptors (Lipinski definition) is 8. The van der Waals surface area contributed by atoms with Crippen LogP contribution in [0.1, 0.15) is 77.1 Å². The van der Waals surface area contributed by atoms with Gasteiger partial charge in [0.2, 0.25) is 11.8 Å². The molecule has 3 atom stereocenters. The molecule has 0 unspecified atom stereocenters. The molecule has 0 bridgehead atoms. The molecule has 0 aliphatic carbocycles. The lowest BCUT2D eigenvalue weighted by Gasteiger charge is -2.36. The van der Waals surface area contributed by atoms with Gasteiger partial charge in [-0.3, -0.25) is 9.59 Å². The number of amides is 2. The van der Waals surface area contributed by atoms with Crippen LogP contribution in [0, 0.1) is 0 Å². The van der Waals surface area contributed by atoms with Gasteiger partial charge in [-0.2, -0.15) is 0 Å². The molecule has 49 heavy (non-hydrogen) atoms. The second kappa shape index (κ2) is 17.6. The van der Waals surface area contributed by atoms with Gasteiger partial charge in [-0.1, -0.05) is 72.8 Å². The lowest BCUT2D eigenvalue weighted by Crippen LogP contribution is -2.31. The van der Waals surface area contributed by atoms with Crippen LogP contribution in [-0.4, -0.2) is 39.9 Å². The van der Waals surface area contributed by atoms with E-state index in [1.54, 1.807) is 42.5 Å². The highest BCUT2D eigenvalue weighted by Crippen LogP contribution is 2.40. The van der Waals surface area contributed by atoms with Gasteiger partial charge in [0.25, 0.3) is 0 Å². The first-order valence-corrected chi connectivity index (χ1v) is 17.2. The molecule has 10 nitrogen and oxygen atoms in total. The van der Waals surface area contributed by atoms with Gasteiger partial charge in [0.1, 0.15) is 0 Å². The fraction of sp³-hybridized carbons (Fsp3) is 0.289. The maximum atomic E-state index is 12.5. The summed E-state index contributed by atoms with van der Waals surface area (Å²) >= 11 is 1.44. The van der Waals surface area contributed by atoms with Crippen LogP contribution in [0.15, 0.2) is 102 Å². The average molecular weight is 684 g/mol. The first kappa shape index (κ1) is 35.6. The van der Waals surface area contributed by atoms with Crippen molar-refractivity contribution in [3.8, 4) is 0 Å². The molecule has 0 spiro atoms. The first-order chi connectivity index (χ1) is 23.8. The predicted octanol–water partition coefficient (Wildman–Crippen LogP) is 6.61. The van der Waals surface area contributed by atoms with Gasteiger partial charge in [0, 0.05) is 42.0 Å². The summed E-state index contributed by atoms with van der Waals surface area (Å²) in [6.07, 6.45) is 1.22. The normalized spacial score (nSPS) is 17.3. The molecular formula is C38H41N3O7S. The Morgan fingerprint density at radius 2 is 1.45 bits per heavy atom. The van der Waals surface area contributed by atoms with Gasteiger partial charge in [0.05, 0.1) is 35.8 Å². The third-order valence-electron chi connectivity index (χ3n) is 8.19. The summed E-state index contributed by atoms with van der Waals surface area (Å²) in [6, 6.07) is 29.4. The second-order valence-electron chi connectivity index (χ2n) is 11.8. The molecule has 256 valence electrons. The smallest absolute Gasteiger partial charge is 0.336 e. The molecule has 5 rings (SSSR count). The van der Waals surface area contributed by atoms with E-state index in [0.717, 1.165) is 22.3 Å². The second-order valence-corrected chi connectivity index (χ2v) is 12.9. The number of rotatable bonds is 15. The number of aliphatic hydroxyl groups excluding tert-OH is 1. The van der Waals surface area contributed by atoms with Gasteiger partial charge in [-0.25, -0.2) is 4.79 Å². The number of aromatic carboxylic acids is 1. The van der Waals surface area contributed by atoms with Crippen molar-refractivity contribution in [1.82, 2.24) is 5.32 Å². The number of unbranched alkanes of at least 4 members (excludes halogenated alkanes) is 1. The Labute approximate surface area is 290 Å². The number of carbonyl (C=O) groups is 3. The van der Waals surface area contributed by atoms with Gasteiger partial charge < -0.3 is 36.1 Å². The standard InChI is InChI=1S/C38H41N3O7S/c39-31-8-2-3-9-32(31)41-36(44)12-6-5-11-35(43)40-22-25-13-19-28(20-14-25)38-47-29(24-49-34-10-4-1-7-30(34)37(45)46)21-33(48-38)27-17-15-26(23-42)16-18-27/h1-4,7-10,13-20,29,33,38,42H,5-6,11-12,21-24,39H2,(H,40,43)(H,41,44)(H,45,46)/t29-,33+,38+/m1/s1. The monoisotopic (exact) mass is 683 g/mol. The summed E-state index contributed by atoms with van der Waals surface area (Å²) in [5.41, 5.74) is 10.7. The quantitative estimate of drug-likeness (QED) is 0.0528. The molecular weight excluding hydrogens is 642 g/mol. The number of carbonyl (C=O) groups excluding carboxylic acids is 2. The van der Waals surface area contributed by atoms with Crippen LogP contribution < -0.4 is 16.4 Å². The molecule has 1 saturated heterocycles. The zero-order valence-corrected chi connectivity index (χ0v) is 27.9. The summed E-state index contributed by atoms with van der Waals surface area (Å²) in [5.74, 6) is -0.660. The van der Waals surface area contributed by atoms with Crippen molar-refractivity contribution in [1.29, 1.82) is 0 Å². The summed E-state index contributed by atoms with van der Waals surface area (Å²) in [6.45, 7) is 0.318. The zero-order chi connectivity index (χ0) is 34.6. The highest BCUT2D eigenvalue weighted by Gasteiger charge is 2.32. The van der Waals surface area contributed by atoms with Crippen LogP contribution in [0.4, 0.5) is 11.4 Å². The predicted molar refractivity (Wildman–Crippen MR) is 189 cm³/mol. The van der Waals surface area contributed by atoms with E-state index in [-0.39, 0.29) is 36.2 Å². The third-order valence-corrected chi connectivity index (χ3v) is 9.40. The van der Waals surface area contributed by atoms with E-state index in [2.05, 4.69) is 10.6 Å². The fourth-order valence-corrected chi connectivity index (χ4v) is 6.52. The number of anilines is 2. The highest BCUT2D eigenvalue weighted by molar-refractivity contribution is 7.99. The van der Waals surface area contributed by atoms with E-state index >= 15 is 0 Å². The fourth-order valence-electron chi connectivity index (χ4n) is 5.45. The first-order valence-electron chi connectivity index (χ1n) is 16.2. The Balaban J connectivity index is 1.13. The SMILES string of the molecule is Nc1ccccc1NC(=O)CCCCC(=O)NCc1ccc([C@H]2O[C@@H](CSc3ccccc3C(=O)O)C[C@@H](c3ccc(CO)cc3)O2)cc1. The Bertz CT molecular complexity index is 1720. The number of benzene rings is 4. The van der Waals surface area contributed by atoms with Crippen LogP contribution in [0.2, 0.25) is 0 Å². The van der Waals surface area contributed by atoms with Crippen molar-refractivity contribution in [2.45, 2.75) is 68.6 Å². The van der Waals surface area contributed by atoms with Crippen molar-refractivity contribution in [2.75, 3.05) is 16.8 Å². The number of para-hydroxylation sites is 2. The molecule has 2 amide bonds. The van der Waals surface area contributed by atoms with Gasteiger partial charge >= 0.3 is 5.97 Å². The molecule has 0 radical (unpaired) electrons. The van der Waals surface area contributed by atoms with Crippen molar-refractivity contribution in [3.05, 3.63) is 125 Å². The van der Waals surface area contributed by atoms with Crippen molar-refractivity contribution in [2.24, 2.45) is 0 Å². The van der Waals surface area contributed by atoms with Crippen LogP contribution in [0.25, 0.3) is 0 Å². The lowest BCUT2D eigenvalue weighted by atomic mass is 10.0. The number of hydrogen-bond donors (Lipinski definition) is 5. The molecule has 0 saturated carbocycles. The third kappa shape index (κ3) is 10.4. The van der Waals surface area contributed by atoms with Crippen molar-refractivity contribution in [3.63, 3.8) is 0 Å². The van der Waals surface area contributed by atoms with Crippen LogP contribution in [0.3, 0.4) is 0 Å².